The Labute approximate surface area is 218 Å². The molecular formula is C28H40F3N3O3. The van der Waals surface area contributed by atoms with Crippen molar-refractivity contribution >= 4 is 12.0 Å². The van der Waals surface area contributed by atoms with E-state index in [9.17, 15) is 22.8 Å². The fourth-order valence-corrected chi connectivity index (χ4v) is 5.24. The summed E-state index contributed by atoms with van der Waals surface area (Å²) in [6, 6.07) is 9.34. The predicted octanol–water partition coefficient (Wildman–Crippen LogP) is 5.68. The highest BCUT2D eigenvalue weighted by Gasteiger charge is 2.44. The van der Waals surface area contributed by atoms with Crippen LogP contribution in [0.4, 0.5) is 18.0 Å². The molecule has 2 heterocycles. The van der Waals surface area contributed by atoms with Gasteiger partial charge in [0, 0.05) is 31.7 Å². The molecule has 1 aromatic rings. The number of hydrogen-bond acceptors (Lipinski definition) is 4. The molecule has 1 N–H and O–H groups in total. The van der Waals surface area contributed by atoms with Crippen LogP contribution in [0.1, 0.15) is 65.9 Å². The third kappa shape index (κ3) is 8.48. The van der Waals surface area contributed by atoms with Gasteiger partial charge in [0.15, 0.2) is 0 Å². The van der Waals surface area contributed by atoms with Crippen molar-refractivity contribution in [3.05, 3.63) is 47.5 Å². The minimum atomic E-state index is -4.93. The SMILES string of the molecule is CC(C)(C)OC(=O)N1C[C@@H](CCC(NC(=O)C(F)(F)F)C2=CCN(Cc3ccccc3)CC2)CC1(C)C. The third-order valence-corrected chi connectivity index (χ3v) is 7.02. The number of carbonyl (C=O) groups is 2. The van der Waals surface area contributed by atoms with Gasteiger partial charge in [-0.3, -0.25) is 9.69 Å². The highest BCUT2D eigenvalue weighted by atomic mass is 19.4. The molecule has 2 aliphatic heterocycles. The van der Waals surface area contributed by atoms with E-state index >= 15 is 0 Å². The van der Waals surface area contributed by atoms with Crippen molar-refractivity contribution in [1.29, 1.82) is 0 Å². The van der Waals surface area contributed by atoms with Gasteiger partial charge in [-0.05, 0) is 77.4 Å². The van der Waals surface area contributed by atoms with Crippen molar-refractivity contribution in [2.75, 3.05) is 19.6 Å². The van der Waals surface area contributed by atoms with Crippen molar-refractivity contribution in [3.63, 3.8) is 0 Å². The van der Waals surface area contributed by atoms with Gasteiger partial charge in [0.2, 0.25) is 0 Å². The first kappa shape index (κ1) is 29.0. The molecule has 9 heteroatoms. The molecule has 2 aliphatic rings. The van der Waals surface area contributed by atoms with Crippen LogP contribution in [0, 0.1) is 5.92 Å². The molecule has 0 bridgehead atoms. The van der Waals surface area contributed by atoms with Crippen molar-refractivity contribution in [3.8, 4) is 0 Å². The highest BCUT2D eigenvalue weighted by molar-refractivity contribution is 5.82. The molecule has 0 saturated carbocycles. The topological polar surface area (TPSA) is 61.9 Å². The Morgan fingerprint density at radius 1 is 1.16 bits per heavy atom. The van der Waals surface area contributed by atoms with Crippen LogP contribution in [0.25, 0.3) is 0 Å². The number of likely N-dealkylation sites (tertiary alicyclic amines) is 1. The molecule has 3 rings (SSSR count). The second-order valence-electron chi connectivity index (χ2n) is 11.8. The van der Waals surface area contributed by atoms with Gasteiger partial charge in [0.1, 0.15) is 5.60 Å². The first-order chi connectivity index (χ1) is 17.1. The molecule has 0 radical (unpaired) electrons. The summed E-state index contributed by atoms with van der Waals surface area (Å²) in [6.45, 7) is 12.0. The molecule has 0 spiro atoms. The monoisotopic (exact) mass is 523 g/mol. The molecule has 1 aromatic carbocycles. The summed E-state index contributed by atoms with van der Waals surface area (Å²) in [5.74, 6) is -1.81. The van der Waals surface area contributed by atoms with E-state index in [1.54, 1.807) is 4.90 Å². The maximum absolute atomic E-state index is 13.1. The van der Waals surface area contributed by atoms with Crippen LogP contribution < -0.4 is 5.32 Å². The lowest BCUT2D eigenvalue weighted by molar-refractivity contribution is -0.174. The van der Waals surface area contributed by atoms with Crippen LogP contribution in [-0.4, -0.2) is 64.8 Å². The van der Waals surface area contributed by atoms with Gasteiger partial charge in [-0.15, -0.1) is 0 Å². The van der Waals surface area contributed by atoms with E-state index in [0.717, 1.165) is 18.5 Å². The standard InChI is InChI=1S/C28H40F3N3O3/c1-26(2,3)37-25(36)34-19-21(17-27(34,4)5)11-12-23(32-24(35)28(29,30)31)22-13-15-33(16-14-22)18-20-9-7-6-8-10-20/h6-10,13,21,23H,11-12,14-19H2,1-5H3,(H,32,35)/t21-,23?/m0/s1. The van der Waals surface area contributed by atoms with Crippen LogP contribution >= 0.6 is 0 Å². The lowest BCUT2D eigenvalue weighted by atomic mass is 9.89. The second kappa shape index (κ2) is 11.5. The van der Waals surface area contributed by atoms with Crippen molar-refractivity contribution < 1.29 is 27.5 Å². The molecule has 1 fully saturated rings. The normalized spacial score (nSPS) is 21.4. The number of carbonyl (C=O) groups excluding carboxylic acids is 2. The maximum atomic E-state index is 13.1. The zero-order valence-electron chi connectivity index (χ0n) is 22.5. The Kier molecular flexibility index (Phi) is 8.98. The number of amides is 2. The van der Waals surface area contributed by atoms with Crippen LogP contribution in [0.5, 0.6) is 0 Å². The van der Waals surface area contributed by atoms with E-state index < -0.39 is 29.3 Å². The van der Waals surface area contributed by atoms with Gasteiger partial charge >= 0.3 is 18.2 Å². The lowest BCUT2D eigenvalue weighted by Gasteiger charge is -2.33. The van der Waals surface area contributed by atoms with E-state index in [1.807, 2.05) is 58.9 Å². The molecule has 1 saturated heterocycles. The van der Waals surface area contributed by atoms with Gasteiger partial charge in [-0.1, -0.05) is 36.4 Å². The van der Waals surface area contributed by atoms with Gasteiger partial charge < -0.3 is 15.0 Å². The molecule has 2 amide bonds. The predicted molar refractivity (Wildman–Crippen MR) is 137 cm³/mol. The Hall–Kier alpha value is -2.55. The van der Waals surface area contributed by atoms with Crippen LogP contribution in [-0.2, 0) is 16.1 Å². The number of alkyl halides is 3. The Morgan fingerprint density at radius 2 is 1.84 bits per heavy atom. The van der Waals surface area contributed by atoms with Crippen molar-refractivity contribution in [2.45, 2.75) is 90.2 Å². The fraction of sp³-hybridized carbons (Fsp3) is 0.643. The average Bonchev–Trinajstić information content (AvgIpc) is 3.10. The summed E-state index contributed by atoms with van der Waals surface area (Å²) in [7, 11) is 0. The van der Waals surface area contributed by atoms with E-state index in [1.165, 1.54) is 5.56 Å². The van der Waals surface area contributed by atoms with Crippen molar-refractivity contribution in [1.82, 2.24) is 15.1 Å². The zero-order chi connectivity index (χ0) is 27.4. The van der Waals surface area contributed by atoms with Gasteiger partial charge in [-0.2, -0.15) is 13.2 Å². The molecule has 0 aliphatic carbocycles. The quantitative estimate of drug-likeness (QED) is 0.467. The Balaban J connectivity index is 1.65. The minimum absolute atomic E-state index is 0.103. The fourth-order valence-electron chi connectivity index (χ4n) is 5.24. The molecule has 1 unspecified atom stereocenters. The Bertz CT molecular complexity index is 970. The number of ether oxygens (including phenoxy) is 1. The van der Waals surface area contributed by atoms with Crippen LogP contribution in [0.2, 0.25) is 0 Å². The average molecular weight is 524 g/mol. The summed E-state index contributed by atoms with van der Waals surface area (Å²) in [5.41, 5.74) is 0.989. The summed E-state index contributed by atoms with van der Waals surface area (Å²) in [4.78, 5) is 28.5. The van der Waals surface area contributed by atoms with Crippen molar-refractivity contribution in [2.24, 2.45) is 5.92 Å². The van der Waals surface area contributed by atoms with Crippen LogP contribution in [0.3, 0.4) is 0 Å². The number of nitrogens with zero attached hydrogens (tertiary/aromatic N) is 2. The molecule has 6 nitrogen and oxygen atoms in total. The number of benzene rings is 1. The van der Waals surface area contributed by atoms with E-state index in [-0.39, 0.29) is 12.0 Å². The van der Waals surface area contributed by atoms with E-state index in [2.05, 4.69) is 22.3 Å². The maximum Gasteiger partial charge on any atom is 0.471 e. The molecule has 37 heavy (non-hydrogen) atoms. The summed E-state index contributed by atoms with van der Waals surface area (Å²) in [6.07, 6.45) is -1.07. The summed E-state index contributed by atoms with van der Waals surface area (Å²) in [5, 5.41) is 2.24. The number of halogens is 3. The summed E-state index contributed by atoms with van der Waals surface area (Å²) >= 11 is 0. The summed E-state index contributed by atoms with van der Waals surface area (Å²) < 4.78 is 44.9. The Morgan fingerprint density at radius 3 is 2.41 bits per heavy atom. The van der Waals surface area contributed by atoms with E-state index in [4.69, 9.17) is 4.74 Å². The number of hydrogen-bond donors (Lipinski definition) is 1. The lowest BCUT2D eigenvalue weighted by Crippen LogP contribution is -2.45. The van der Waals surface area contributed by atoms with Gasteiger partial charge in [-0.25, -0.2) is 4.79 Å². The van der Waals surface area contributed by atoms with Gasteiger partial charge in [0.25, 0.3) is 0 Å². The third-order valence-electron chi connectivity index (χ3n) is 7.02. The molecule has 2 atom stereocenters. The number of rotatable bonds is 7. The second-order valence-corrected chi connectivity index (χ2v) is 11.8. The van der Waals surface area contributed by atoms with E-state index in [0.29, 0.717) is 38.9 Å². The zero-order valence-corrected chi connectivity index (χ0v) is 22.5. The van der Waals surface area contributed by atoms with Crippen LogP contribution in [0.15, 0.2) is 42.0 Å². The smallest absolute Gasteiger partial charge is 0.444 e. The largest absolute Gasteiger partial charge is 0.471 e. The molecular weight excluding hydrogens is 483 g/mol. The van der Waals surface area contributed by atoms with Gasteiger partial charge in [0.05, 0.1) is 6.04 Å². The highest BCUT2D eigenvalue weighted by Crippen LogP contribution is 2.37. The first-order valence-electron chi connectivity index (χ1n) is 13.0. The number of nitrogens with one attached hydrogen (secondary N) is 1. The molecule has 206 valence electrons. The minimum Gasteiger partial charge on any atom is -0.444 e. The molecule has 0 aromatic heterocycles. The first-order valence-corrected chi connectivity index (χ1v) is 13.0.